The molecule has 1 N–H and O–H groups in total. The molecule has 1 aromatic rings. The third-order valence-corrected chi connectivity index (χ3v) is 7.15. The summed E-state index contributed by atoms with van der Waals surface area (Å²) in [6, 6.07) is 10.7. The fourth-order valence-corrected chi connectivity index (χ4v) is 5.36. The highest BCUT2D eigenvalue weighted by atomic mass is 16.3. The number of hydrogen-bond donors (Lipinski definition) is 1. The summed E-state index contributed by atoms with van der Waals surface area (Å²) >= 11 is 0. The van der Waals surface area contributed by atoms with Crippen LogP contribution in [-0.4, -0.2) is 59.1 Å². The van der Waals surface area contributed by atoms with Gasteiger partial charge in [-0.15, -0.1) is 0 Å². The van der Waals surface area contributed by atoms with Crippen molar-refractivity contribution in [2.24, 2.45) is 11.8 Å². The first-order valence-corrected chi connectivity index (χ1v) is 10.9. The monoisotopic (exact) mass is 370 g/mol. The SMILES string of the molecule is O=C(C1CCCC1)N1CC[C@@]2(O)CCN(CCCc3ccccc3)C[C@H]2C1. The van der Waals surface area contributed by atoms with Gasteiger partial charge in [0.1, 0.15) is 0 Å². The summed E-state index contributed by atoms with van der Waals surface area (Å²) in [5.41, 5.74) is 0.847. The van der Waals surface area contributed by atoms with Crippen LogP contribution in [-0.2, 0) is 11.2 Å². The molecule has 2 saturated heterocycles. The lowest BCUT2D eigenvalue weighted by Crippen LogP contribution is -2.61. The summed E-state index contributed by atoms with van der Waals surface area (Å²) in [7, 11) is 0. The number of carbonyl (C=O) groups is 1. The van der Waals surface area contributed by atoms with Gasteiger partial charge in [0.05, 0.1) is 5.60 Å². The van der Waals surface area contributed by atoms with E-state index >= 15 is 0 Å². The van der Waals surface area contributed by atoms with E-state index in [-0.39, 0.29) is 11.8 Å². The van der Waals surface area contributed by atoms with E-state index < -0.39 is 5.60 Å². The van der Waals surface area contributed by atoms with Gasteiger partial charge in [-0.05, 0) is 50.6 Å². The summed E-state index contributed by atoms with van der Waals surface area (Å²) in [5.74, 6) is 0.819. The van der Waals surface area contributed by atoms with E-state index in [0.717, 1.165) is 71.2 Å². The Labute approximate surface area is 163 Å². The van der Waals surface area contributed by atoms with Gasteiger partial charge in [-0.3, -0.25) is 4.79 Å². The largest absolute Gasteiger partial charge is 0.389 e. The van der Waals surface area contributed by atoms with Crippen LogP contribution in [0.5, 0.6) is 0 Å². The third-order valence-electron chi connectivity index (χ3n) is 7.15. The zero-order chi connectivity index (χ0) is 18.7. The van der Waals surface area contributed by atoms with Crippen molar-refractivity contribution in [1.29, 1.82) is 0 Å². The molecule has 0 radical (unpaired) electrons. The number of aryl methyl sites for hydroxylation is 1. The Bertz CT molecular complexity index is 629. The van der Waals surface area contributed by atoms with Crippen LogP contribution in [0.15, 0.2) is 30.3 Å². The smallest absolute Gasteiger partial charge is 0.225 e. The van der Waals surface area contributed by atoms with Gasteiger partial charge in [0.2, 0.25) is 5.91 Å². The molecule has 4 heteroatoms. The van der Waals surface area contributed by atoms with Crippen LogP contribution in [0.2, 0.25) is 0 Å². The molecule has 27 heavy (non-hydrogen) atoms. The van der Waals surface area contributed by atoms with Gasteiger partial charge in [0.15, 0.2) is 0 Å². The maximum absolute atomic E-state index is 12.8. The molecule has 2 aliphatic heterocycles. The van der Waals surface area contributed by atoms with E-state index in [2.05, 4.69) is 40.1 Å². The Morgan fingerprint density at radius 2 is 1.81 bits per heavy atom. The molecular weight excluding hydrogens is 336 g/mol. The van der Waals surface area contributed by atoms with Crippen LogP contribution in [0.4, 0.5) is 0 Å². The highest BCUT2D eigenvalue weighted by Crippen LogP contribution is 2.37. The first-order chi connectivity index (χ1) is 13.1. The number of fused-ring (bicyclic) bond motifs is 1. The number of hydrogen-bond acceptors (Lipinski definition) is 3. The Kier molecular flexibility index (Phi) is 5.84. The van der Waals surface area contributed by atoms with Gasteiger partial charge in [-0.2, -0.15) is 0 Å². The van der Waals surface area contributed by atoms with Gasteiger partial charge in [0.25, 0.3) is 0 Å². The molecule has 0 aromatic heterocycles. The Balaban J connectivity index is 1.29. The lowest BCUT2D eigenvalue weighted by Gasteiger charge is -2.50. The molecule has 2 atom stereocenters. The fourth-order valence-electron chi connectivity index (χ4n) is 5.36. The normalized spacial score (nSPS) is 29.7. The Morgan fingerprint density at radius 1 is 1.07 bits per heavy atom. The number of amides is 1. The van der Waals surface area contributed by atoms with Gasteiger partial charge in [0, 0.05) is 38.0 Å². The molecule has 3 aliphatic rings. The van der Waals surface area contributed by atoms with Crippen LogP contribution >= 0.6 is 0 Å². The highest BCUT2D eigenvalue weighted by Gasteiger charge is 2.46. The quantitative estimate of drug-likeness (QED) is 0.866. The van der Waals surface area contributed by atoms with E-state index in [1.165, 1.54) is 18.4 Å². The summed E-state index contributed by atoms with van der Waals surface area (Å²) in [4.78, 5) is 17.4. The van der Waals surface area contributed by atoms with E-state index in [9.17, 15) is 9.90 Å². The van der Waals surface area contributed by atoms with Crippen LogP contribution < -0.4 is 0 Å². The van der Waals surface area contributed by atoms with E-state index in [1.54, 1.807) is 0 Å². The summed E-state index contributed by atoms with van der Waals surface area (Å²) in [6.45, 7) is 4.49. The summed E-state index contributed by atoms with van der Waals surface area (Å²) in [5, 5.41) is 11.1. The second-order valence-corrected chi connectivity index (χ2v) is 8.96. The van der Waals surface area contributed by atoms with E-state index in [0.29, 0.717) is 5.91 Å². The van der Waals surface area contributed by atoms with Crippen molar-refractivity contribution in [1.82, 2.24) is 9.80 Å². The van der Waals surface area contributed by atoms with Crippen LogP contribution in [0.3, 0.4) is 0 Å². The first-order valence-electron chi connectivity index (χ1n) is 10.9. The molecule has 2 heterocycles. The van der Waals surface area contributed by atoms with Gasteiger partial charge < -0.3 is 14.9 Å². The molecule has 3 fully saturated rings. The van der Waals surface area contributed by atoms with Crippen molar-refractivity contribution in [2.45, 2.75) is 57.0 Å². The van der Waals surface area contributed by atoms with E-state index in [1.807, 2.05) is 0 Å². The lowest BCUT2D eigenvalue weighted by molar-refractivity contribution is -0.150. The molecule has 0 unspecified atom stereocenters. The topological polar surface area (TPSA) is 43.8 Å². The standard InChI is InChI=1S/C23H34N2O2/c26-22(20-10-4-5-11-20)25-16-13-23(27)12-15-24(17-21(23)18-25)14-6-9-19-7-2-1-3-8-19/h1-3,7-8,20-21,27H,4-6,9-18H2/t21-,23-/m0/s1. The summed E-state index contributed by atoms with van der Waals surface area (Å²) in [6.07, 6.45) is 8.41. The number of aliphatic hydroxyl groups is 1. The third kappa shape index (κ3) is 4.38. The van der Waals surface area contributed by atoms with Crippen LogP contribution in [0, 0.1) is 11.8 Å². The second kappa shape index (κ2) is 8.32. The average molecular weight is 371 g/mol. The van der Waals surface area contributed by atoms with Crippen molar-refractivity contribution < 1.29 is 9.90 Å². The molecule has 1 aromatic carbocycles. The molecule has 1 saturated carbocycles. The number of benzene rings is 1. The minimum absolute atomic E-state index is 0.210. The maximum atomic E-state index is 12.8. The fraction of sp³-hybridized carbons (Fsp3) is 0.696. The highest BCUT2D eigenvalue weighted by molar-refractivity contribution is 5.79. The second-order valence-electron chi connectivity index (χ2n) is 8.96. The predicted molar refractivity (Wildman–Crippen MR) is 107 cm³/mol. The Hall–Kier alpha value is -1.39. The van der Waals surface area contributed by atoms with E-state index in [4.69, 9.17) is 0 Å². The molecule has 1 amide bonds. The summed E-state index contributed by atoms with van der Waals surface area (Å²) < 4.78 is 0. The maximum Gasteiger partial charge on any atom is 0.225 e. The van der Waals surface area contributed by atoms with Gasteiger partial charge in [-0.1, -0.05) is 43.2 Å². The van der Waals surface area contributed by atoms with Crippen molar-refractivity contribution in [3.05, 3.63) is 35.9 Å². The van der Waals surface area contributed by atoms with Crippen molar-refractivity contribution >= 4 is 5.91 Å². The molecule has 4 nitrogen and oxygen atoms in total. The minimum atomic E-state index is -0.553. The number of rotatable bonds is 5. The predicted octanol–water partition coefficient (Wildman–Crippen LogP) is 3.09. The number of nitrogens with zero attached hydrogens (tertiary/aromatic N) is 2. The average Bonchev–Trinajstić information content (AvgIpc) is 3.23. The molecule has 1 aliphatic carbocycles. The number of piperidine rings is 2. The number of likely N-dealkylation sites (tertiary alicyclic amines) is 2. The van der Waals surface area contributed by atoms with Gasteiger partial charge >= 0.3 is 0 Å². The zero-order valence-electron chi connectivity index (χ0n) is 16.5. The first kappa shape index (κ1) is 18.9. The zero-order valence-corrected chi connectivity index (χ0v) is 16.5. The van der Waals surface area contributed by atoms with Crippen molar-refractivity contribution in [3.63, 3.8) is 0 Å². The van der Waals surface area contributed by atoms with Crippen molar-refractivity contribution in [2.75, 3.05) is 32.7 Å². The Morgan fingerprint density at radius 3 is 2.59 bits per heavy atom. The van der Waals surface area contributed by atoms with Crippen molar-refractivity contribution in [3.8, 4) is 0 Å². The number of carbonyl (C=O) groups excluding carboxylic acids is 1. The lowest BCUT2D eigenvalue weighted by atomic mass is 9.75. The molecule has 0 bridgehead atoms. The van der Waals surface area contributed by atoms with Crippen LogP contribution in [0.25, 0.3) is 0 Å². The molecule has 4 rings (SSSR count). The van der Waals surface area contributed by atoms with Crippen LogP contribution in [0.1, 0.15) is 50.5 Å². The minimum Gasteiger partial charge on any atom is -0.389 e. The molecule has 0 spiro atoms. The molecule has 148 valence electrons. The van der Waals surface area contributed by atoms with Gasteiger partial charge in [-0.25, -0.2) is 0 Å². The molecular formula is C23H34N2O2.